The molecular weight excluding hydrogens is 186 g/mol. The van der Waals surface area contributed by atoms with Crippen LogP contribution in [0.5, 0.6) is 0 Å². The maximum atomic E-state index is 12.1. The van der Waals surface area contributed by atoms with Crippen LogP contribution in [0.1, 0.15) is 51.4 Å². The van der Waals surface area contributed by atoms with Gasteiger partial charge in [0.15, 0.2) is 5.78 Å². The molecule has 84 valence electrons. The summed E-state index contributed by atoms with van der Waals surface area (Å²) in [5.41, 5.74) is 0. The average molecular weight is 207 g/mol. The number of hydrogen-bond acceptors (Lipinski definition) is 2. The number of carbonyl (C=O) groups is 1. The molecule has 1 saturated heterocycles. The molecule has 0 amide bonds. The maximum absolute atomic E-state index is 12.1. The third kappa shape index (κ3) is 1.73. The zero-order valence-corrected chi connectivity index (χ0v) is 9.37. The molecule has 3 rings (SSSR count). The fourth-order valence-electron chi connectivity index (χ4n) is 3.51. The first-order valence-electron chi connectivity index (χ1n) is 6.64. The second kappa shape index (κ2) is 3.89. The van der Waals surface area contributed by atoms with E-state index in [4.69, 9.17) is 0 Å². The van der Waals surface area contributed by atoms with E-state index >= 15 is 0 Å². The minimum Gasteiger partial charge on any atom is -0.304 e. The Hall–Kier alpha value is -0.370. The third-order valence-electron chi connectivity index (χ3n) is 4.71. The van der Waals surface area contributed by atoms with E-state index in [1.54, 1.807) is 0 Å². The Morgan fingerprint density at radius 2 is 1.80 bits per heavy atom. The van der Waals surface area contributed by atoms with Crippen LogP contribution in [0.4, 0.5) is 0 Å². The fraction of sp³-hybridized carbons (Fsp3) is 0.923. The Morgan fingerprint density at radius 1 is 1.00 bits per heavy atom. The van der Waals surface area contributed by atoms with Crippen molar-refractivity contribution in [3.8, 4) is 0 Å². The van der Waals surface area contributed by atoms with Crippen molar-refractivity contribution in [2.75, 3.05) is 0 Å². The summed E-state index contributed by atoms with van der Waals surface area (Å²) < 4.78 is 0. The molecule has 0 aromatic carbocycles. The van der Waals surface area contributed by atoms with Gasteiger partial charge in [-0.2, -0.15) is 0 Å². The lowest BCUT2D eigenvalue weighted by atomic mass is 9.78. The monoisotopic (exact) mass is 207 g/mol. The molecule has 1 heterocycles. The van der Waals surface area contributed by atoms with Crippen molar-refractivity contribution in [3.05, 3.63) is 0 Å². The molecule has 0 aromatic heterocycles. The predicted molar refractivity (Wildman–Crippen MR) is 59.6 cm³/mol. The summed E-state index contributed by atoms with van der Waals surface area (Å²) in [7, 11) is 0. The molecule has 2 nitrogen and oxygen atoms in total. The van der Waals surface area contributed by atoms with Crippen molar-refractivity contribution in [2.45, 2.75) is 63.5 Å². The number of carbonyl (C=O) groups excluding carboxylic acids is 1. The second-order valence-electron chi connectivity index (χ2n) is 5.64. The van der Waals surface area contributed by atoms with E-state index in [-0.39, 0.29) is 6.04 Å². The van der Waals surface area contributed by atoms with Gasteiger partial charge in [0.2, 0.25) is 0 Å². The van der Waals surface area contributed by atoms with Crippen LogP contribution < -0.4 is 5.32 Å². The van der Waals surface area contributed by atoms with Crippen LogP contribution in [0.3, 0.4) is 0 Å². The SMILES string of the molecule is O=C(C1CCC1)C1CC2CCCCC2N1. The molecule has 3 aliphatic rings. The Labute approximate surface area is 91.8 Å². The number of rotatable bonds is 2. The highest BCUT2D eigenvalue weighted by atomic mass is 16.1. The lowest BCUT2D eigenvalue weighted by Crippen LogP contribution is -2.41. The van der Waals surface area contributed by atoms with Gasteiger partial charge in [0.05, 0.1) is 6.04 Å². The zero-order chi connectivity index (χ0) is 10.3. The third-order valence-corrected chi connectivity index (χ3v) is 4.71. The van der Waals surface area contributed by atoms with E-state index in [1.165, 1.54) is 32.1 Å². The van der Waals surface area contributed by atoms with Crippen LogP contribution in [0.25, 0.3) is 0 Å². The first-order valence-corrected chi connectivity index (χ1v) is 6.64. The number of Topliss-reactive ketones (excluding diaryl/α,β-unsaturated/α-hetero) is 1. The smallest absolute Gasteiger partial charge is 0.152 e. The van der Waals surface area contributed by atoms with Crippen LogP contribution in [0.15, 0.2) is 0 Å². The molecular formula is C13H21NO. The zero-order valence-electron chi connectivity index (χ0n) is 9.37. The van der Waals surface area contributed by atoms with Gasteiger partial charge in [-0.05, 0) is 38.0 Å². The van der Waals surface area contributed by atoms with Crippen LogP contribution in [-0.2, 0) is 4.79 Å². The number of ketones is 1. The van der Waals surface area contributed by atoms with Gasteiger partial charge in [0, 0.05) is 12.0 Å². The standard InChI is InChI=1S/C13H21NO/c15-13(9-5-3-6-9)12-8-10-4-1-2-7-11(10)14-12/h9-12,14H,1-8H2. The highest BCUT2D eigenvalue weighted by Crippen LogP contribution is 2.36. The summed E-state index contributed by atoms with van der Waals surface area (Å²) in [5.74, 6) is 1.77. The molecule has 2 saturated carbocycles. The first kappa shape index (κ1) is 9.83. The summed E-state index contributed by atoms with van der Waals surface area (Å²) in [6.07, 6.45) is 10.1. The van der Waals surface area contributed by atoms with Crippen LogP contribution >= 0.6 is 0 Å². The van der Waals surface area contributed by atoms with E-state index in [9.17, 15) is 4.79 Å². The van der Waals surface area contributed by atoms with Crippen LogP contribution in [-0.4, -0.2) is 17.9 Å². The highest BCUT2D eigenvalue weighted by molar-refractivity contribution is 5.87. The number of fused-ring (bicyclic) bond motifs is 1. The molecule has 0 aromatic rings. The summed E-state index contributed by atoms with van der Waals surface area (Å²) >= 11 is 0. The van der Waals surface area contributed by atoms with Gasteiger partial charge in [-0.1, -0.05) is 19.3 Å². The largest absolute Gasteiger partial charge is 0.304 e. The molecule has 3 fully saturated rings. The van der Waals surface area contributed by atoms with Crippen LogP contribution in [0.2, 0.25) is 0 Å². The summed E-state index contributed by atoms with van der Waals surface area (Å²) in [6, 6.07) is 0.899. The first-order chi connectivity index (χ1) is 7.34. The molecule has 1 N–H and O–H groups in total. The molecule has 15 heavy (non-hydrogen) atoms. The molecule has 0 bridgehead atoms. The Bertz CT molecular complexity index is 245. The number of hydrogen-bond donors (Lipinski definition) is 1. The van der Waals surface area contributed by atoms with Gasteiger partial charge < -0.3 is 5.32 Å². The van der Waals surface area contributed by atoms with Gasteiger partial charge in [-0.25, -0.2) is 0 Å². The summed E-state index contributed by atoms with van der Waals surface area (Å²) in [6.45, 7) is 0. The summed E-state index contributed by atoms with van der Waals surface area (Å²) in [4.78, 5) is 12.1. The Balaban J connectivity index is 1.61. The second-order valence-corrected chi connectivity index (χ2v) is 5.64. The normalized spacial score (nSPS) is 40.9. The molecule has 2 aliphatic carbocycles. The average Bonchev–Trinajstić information content (AvgIpc) is 2.58. The van der Waals surface area contributed by atoms with Crippen LogP contribution in [0, 0.1) is 11.8 Å². The Kier molecular flexibility index (Phi) is 2.55. The van der Waals surface area contributed by atoms with Crippen molar-refractivity contribution in [3.63, 3.8) is 0 Å². The topological polar surface area (TPSA) is 29.1 Å². The van der Waals surface area contributed by atoms with Crippen molar-refractivity contribution in [2.24, 2.45) is 11.8 Å². The quantitative estimate of drug-likeness (QED) is 0.752. The van der Waals surface area contributed by atoms with Crippen molar-refractivity contribution >= 4 is 5.78 Å². The van der Waals surface area contributed by atoms with Gasteiger partial charge in [-0.15, -0.1) is 0 Å². The molecule has 0 radical (unpaired) electrons. The van der Waals surface area contributed by atoms with Gasteiger partial charge in [0.1, 0.15) is 0 Å². The minimum atomic E-state index is 0.225. The number of nitrogens with one attached hydrogen (secondary N) is 1. The van der Waals surface area contributed by atoms with Crippen molar-refractivity contribution in [1.82, 2.24) is 5.32 Å². The lowest BCUT2D eigenvalue weighted by Gasteiger charge is -2.27. The van der Waals surface area contributed by atoms with Gasteiger partial charge >= 0.3 is 0 Å². The molecule has 3 unspecified atom stereocenters. The van der Waals surface area contributed by atoms with E-state index in [1.807, 2.05) is 0 Å². The Morgan fingerprint density at radius 3 is 2.47 bits per heavy atom. The van der Waals surface area contributed by atoms with Gasteiger partial charge in [-0.3, -0.25) is 4.79 Å². The molecule has 2 heteroatoms. The maximum Gasteiger partial charge on any atom is 0.152 e. The molecule has 1 aliphatic heterocycles. The molecule has 0 spiro atoms. The van der Waals surface area contributed by atoms with E-state index < -0.39 is 0 Å². The highest BCUT2D eigenvalue weighted by Gasteiger charge is 2.41. The lowest BCUT2D eigenvalue weighted by molar-refractivity contribution is -0.127. The van der Waals surface area contributed by atoms with E-state index in [0.29, 0.717) is 17.7 Å². The molecule has 3 atom stereocenters. The fourth-order valence-corrected chi connectivity index (χ4v) is 3.51. The van der Waals surface area contributed by atoms with E-state index in [2.05, 4.69) is 5.32 Å². The minimum absolute atomic E-state index is 0.225. The summed E-state index contributed by atoms with van der Waals surface area (Å²) in [5, 5.41) is 3.59. The van der Waals surface area contributed by atoms with Gasteiger partial charge in [0.25, 0.3) is 0 Å². The predicted octanol–water partition coefficient (Wildman–Crippen LogP) is 2.28. The van der Waals surface area contributed by atoms with Crippen molar-refractivity contribution < 1.29 is 4.79 Å². The van der Waals surface area contributed by atoms with E-state index in [0.717, 1.165) is 25.2 Å². The van der Waals surface area contributed by atoms with Crippen molar-refractivity contribution in [1.29, 1.82) is 0 Å².